The Kier molecular flexibility index (Phi) is 7.50. The van der Waals surface area contributed by atoms with Gasteiger partial charge < -0.3 is 10.1 Å². The van der Waals surface area contributed by atoms with E-state index in [1.54, 1.807) is 0 Å². The fraction of sp³-hybridized carbons (Fsp3) is 1.00. The lowest BCUT2D eigenvalue weighted by Crippen LogP contribution is -2.39. The smallest absolute Gasteiger partial charge is 0.212 e. The van der Waals surface area contributed by atoms with Gasteiger partial charge in [0.2, 0.25) is 10.0 Å². The number of nitrogens with one attached hydrogen (secondary N) is 2. The Balaban J connectivity index is 0.00000225. The number of hydrogen-bond donors (Lipinski definition) is 2. The van der Waals surface area contributed by atoms with Crippen LogP contribution in [-0.4, -0.2) is 47.0 Å². The van der Waals surface area contributed by atoms with Crippen LogP contribution in [0, 0.1) is 5.92 Å². The maximum Gasteiger partial charge on any atom is 0.212 e. The average Bonchev–Trinajstić information content (AvgIpc) is 2.66. The molecular weight excluding hydrogens is 252 g/mol. The van der Waals surface area contributed by atoms with E-state index in [4.69, 9.17) is 4.74 Å². The maximum absolute atomic E-state index is 11.6. The molecule has 2 N–H and O–H groups in total. The molecule has 98 valence electrons. The number of likely N-dealkylation sites (N-methyl/N-ethyl adjacent to an activating group) is 1. The summed E-state index contributed by atoms with van der Waals surface area (Å²) in [5, 5.41) is 2.98. The third-order valence-electron chi connectivity index (χ3n) is 2.58. The van der Waals surface area contributed by atoms with Gasteiger partial charge in [-0.3, -0.25) is 0 Å². The van der Waals surface area contributed by atoms with Crippen LogP contribution in [0.4, 0.5) is 0 Å². The minimum atomic E-state index is -3.14. The molecule has 0 amide bonds. The first-order chi connectivity index (χ1) is 7.03. The molecule has 1 aliphatic rings. The number of rotatable bonds is 6. The molecule has 1 rings (SSSR count). The Morgan fingerprint density at radius 1 is 1.50 bits per heavy atom. The molecule has 7 heteroatoms. The van der Waals surface area contributed by atoms with Crippen molar-refractivity contribution in [1.82, 2.24) is 10.0 Å². The van der Waals surface area contributed by atoms with Crippen LogP contribution in [0.5, 0.6) is 0 Å². The van der Waals surface area contributed by atoms with Gasteiger partial charge in [-0.15, -0.1) is 12.4 Å². The quantitative estimate of drug-likeness (QED) is 0.713. The molecule has 0 aromatic rings. The summed E-state index contributed by atoms with van der Waals surface area (Å²) in [6.45, 7) is 3.63. The minimum Gasteiger partial charge on any atom is -0.381 e. The van der Waals surface area contributed by atoms with Crippen LogP contribution in [-0.2, 0) is 14.8 Å². The molecule has 0 aromatic heterocycles. The van der Waals surface area contributed by atoms with E-state index in [-0.39, 0.29) is 30.1 Å². The van der Waals surface area contributed by atoms with E-state index < -0.39 is 10.0 Å². The first-order valence-electron chi connectivity index (χ1n) is 5.26. The molecule has 0 spiro atoms. The van der Waals surface area contributed by atoms with Gasteiger partial charge in [0.05, 0.1) is 12.4 Å². The van der Waals surface area contributed by atoms with Gasteiger partial charge in [-0.25, -0.2) is 13.1 Å². The number of hydrogen-bond acceptors (Lipinski definition) is 4. The summed E-state index contributed by atoms with van der Waals surface area (Å²) in [6.07, 6.45) is 0.850. The van der Waals surface area contributed by atoms with Crippen LogP contribution in [0.3, 0.4) is 0 Å². The largest absolute Gasteiger partial charge is 0.381 e. The summed E-state index contributed by atoms with van der Waals surface area (Å²) in [7, 11) is -1.33. The predicted octanol–water partition coefficient (Wildman–Crippen LogP) is -0.0280. The second-order valence-electron chi connectivity index (χ2n) is 4.05. The number of sulfonamides is 1. The van der Waals surface area contributed by atoms with Crippen molar-refractivity contribution in [2.75, 3.05) is 32.6 Å². The highest BCUT2D eigenvalue weighted by Crippen LogP contribution is 2.13. The zero-order valence-corrected chi connectivity index (χ0v) is 11.4. The Labute approximate surface area is 104 Å². The molecule has 2 atom stereocenters. The Morgan fingerprint density at radius 3 is 2.69 bits per heavy atom. The van der Waals surface area contributed by atoms with Crippen LogP contribution in [0.25, 0.3) is 0 Å². The molecule has 1 heterocycles. The van der Waals surface area contributed by atoms with Crippen molar-refractivity contribution >= 4 is 22.4 Å². The monoisotopic (exact) mass is 272 g/mol. The van der Waals surface area contributed by atoms with Crippen LogP contribution in [0.1, 0.15) is 13.3 Å². The van der Waals surface area contributed by atoms with Gasteiger partial charge in [0, 0.05) is 19.2 Å². The minimum absolute atomic E-state index is 0. The van der Waals surface area contributed by atoms with Gasteiger partial charge in [0.25, 0.3) is 0 Å². The molecule has 1 aliphatic heterocycles. The molecule has 2 unspecified atom stereocenters. The molecule has 0 aromatic carbocycles. The molecule has 1 fully saturated rings. The van der Waals surface area contributed by atoms with E-state index in [0.717, 1.165) is 6.42 Å². The number of ether oxygens (including phenoxy) is 1. The fourth-order valence-electron chi connectivity index (χ4n) is 1.44. The van der Waals surface area contributed by atoms with E-state index in [1.807, 2.05) is 14.0 Å². The maximum atomic E-state index is 11.6. The summed E-state index contributed by atoms with van der Waals surface area (Å²) in [4.78, 5) is 0. The lowest BCUT2D eigenvalue weighted by atomic mass is 10.2. The molecule has 1 saturated heterocycles. The second kappa shape index (κ2) is 7.45. The Hall–Kier alpha value is 0.120. The zero-order chi connectivity index (χ0) is 11.3. The third kappa shape index (κ3) is 6.00. The van der Waals surface area contributed by atoms with Crippen molar-refractivity contribution < 1.29 is 13.2 Å². The van der Waals surface area contributed by atoms with Gasteiger partial charge in [0.15, 0.2) is 0 Å². The Bertz CT molecular complexity index is 278. The highest BCUT2D eigenvalue weighted by Gasteiger charge is 2.23. The van der Waals surface area contributed by atoms with E-state index in [2.05, 4.69) is 10.0 Å². The number of halogens is 1. The first kappa shape index (κ1) is 16.1. The third-order valence-corrected chi connectivity index (χ3v) is 4.10. The highest BCUT2D eigenvalue weighted by molar-refractivity contribution is 7.89. The second-order valence-corrected chi connectivity index (χ2v) is 5.90. The van der Waals surface area contributed by atoms with Crippen molar-refractivity contribution in [3.63, 3.8) is 0 Å². The average molecular weight is 273 g/mol. The van der Waals surface area contributed by atoms with Crippen LogP contribution in [0.15, 0.2) is 0 Å². The van der Waals surface area contributed by atoms with E-state index in [9.17, 15) is 8.42 Å². The molecule has 0 radical (unpaired) electrons. The molecule has 16 heavy (non-hydrogen) atoms. The van der Waals surface area contributed by atoms with E-state index in [0.29, 0.717) is 19.8 Å². The molecule has 0 bridgehead atoms. The van der Waals surface area contributed by atoms with Crippen LogP contribution < -0.4 is 10.0 Å². The van der Waals surface area contributed by atoms with Gasteiger partial charge in [-0.2, -0.15) is 0 Å². The van der Waals surface area contributed by atoms with Gasteiger partial charge >= 0.3 is 0 Å². The summed E-state index contributed by atoms with van der Waals surface area (Å²) >= 11 is 0. The van der Waals surface area contributed by atoms with Crippen molar-refractivity contribution in [1.29, 1.82) is 0 Å². The zero-order valence-electron chi connectivity index (χ0n) is 9.73. The lowest BCUT2D eigenvalue weighted by molar-refractivity contribution is 0.188. The normalized spacial score (nSPS) is 22.8. The lowest BCUT2D eigenvalue weighted by Gasteiger charge is -2.13. The highest BCUT2D eigenvalue weighted by atomic mass is 35.5. The van der Waals surface area contributed by atoms with Crippen LogP contribution >= 0.6 is 12.4 Å². The SMILES string of the molecule is CNC(C)CNS(=O)(=O)CC1CCOC1.Cl. The van der Waals surface area contributed by atoms with E-state index >= 15 is 0 Å². The van der Waals surface area contributed by atoms with Crippen molar-refractivity contribution in [2.45, 2.75) is 19.4 Å². The predicted molar refractivity (Wildman–Crippen MR) is 66.5 cm³/mol. The Morgan fingerprint density at radius 2 is 2.19 bits per heavy atom. The van der Waals surface area contributed by atoms with Crippen LogP contribution in [0.2, 0.25) is 0 Å². The molecule has 0 aliphatic carbocycles. The molecule has 0 saturated carbocycles. The van der Waals surface area contributed by atoms with Gasteiger partial charge in [0.1, 0.15) is 0 Å². The van der Waals surface area contributed by atoms with E-state index in [1.165, 1.54) is 0 Å². The standard InChI is InChI=1S/C9H20N2O3S.ClH/c1-8(10-2)5-11-15(12,13)7-9-3-4-14-6-9;/h8-11H,3-7H2,1-2H3;1H. The topological polar surface area (TPSA) is 67.4 Å². The molecule has 5 nitrogen and oxygen atoms in total. The van der Waals surface area contributed by atoms with Gasteiger partial charge in [-0.1, -0.05) is 0 Å². The van der Waals surface area contributed by atoms with Gasteiger partial charge in [-0.05, 0) is 26.3 Å². The molecular formula is C9H21ClN2O3S. The summed E-state index contributed by atoms with van der Waals surface area (Å²) in [5.41, 5.74) is 0. The summed E-state index contributed by atoms with van der Waals surface area (Å²) in [5.74, 6) is 0.344. The van der Waals surface area contributed by atoms with Crippen molar-refractivity contribution in [2.24, 2.45) is 5.92 Å². The van der Waals surface area contributed by atoms with Crippen molar-refractivity contribution in [3.05, 3.63) is 0 Å². The fourth-order valence-corrected chi connectivity index (χ4v) is 2.94. The van der Waals surface area contributed by atoms with Crippen molar-refractivity contribution in [3.8, 4) is 0 Å². The summed E-state index contributed by atoms with van der Waals surface area (Å²) < 4.78 is 31.0. The summed E-state index contributed by atoms with van der Waals surface area (Å²) in [6, 6.07) is 0.152. The first-order valence-corrected chi connectivity index (χ1v) is 6.91.